The SMILES string of the molecule is CCOC(OCC)OCC.Cc1cc(Nc2ccccn2)c(Nc2ccccn2)cc1C.Cc1cc2c(cc1C)[n+](-c1ccccn1)cn2-c1ccccn1.[Cl-]. The predicted octanol–water partition coefficient (Wildman–Crippen LogP) is 6.28. The van der Waals surface area contributed by atoms with Crippen LogP contribution in [0, 0.1) is 27.7 Å². The van der Waals surface area contributed by atoms with E-state index in [-0.39, 0.29) is 12.4 Å². The molecule has 2 aromatic carbocycles. The number of imidazole rings is 1. The van der Waals surface area contributed by atoms with Gasteiger partial charge in [-0.2, -0.15) is 4.57 Å². The fourth-order valence-electron chi connectivity index (χ4n) is 5.49. The van der Waals surface area contributed by atoms with Crippen molar-refractivity contribution in [2.75, 3.05) is 30.5 Å². The van der Waals surface area contributed by atoms with Gasteiger partial charge in [0.05, 0.1) is 11.4 Å². The highest BCUT2D eigenvalue weighted by atomic mass is 35.5. The molecule has 0 amide bonds. The summed E-state index contributed by atoms with van der Waals surface area (Å²) < 4.78 is 19.5. The number of halogens is 1. The largest absolute Gasteiger partial charge is 1.00 e. The van der Waals surface area contributed by atoms with Crippen LogP contribution in [0.2, 0.25) is 0 Å². The number of benzene rings is 2. The fraction of sp³-hybridized carbons (Fsp3) is 0.250. The lowest BCUT2D eigenvalue weighted by molar-refractivity contribution is -0.571. The van der Waals surface area contributed by atoms with Crippen molar-refractivity contribution < 1.29 is 31.2 Å². The van der Waals surface area contributed by atoms with Gasteiger partial charge in [-0.15, -0.1) is 4.98 Å². The normalized spacial score (nSPS) is 10.5. The van der Waals surface area contributed by atoms with Gasteiger partial charge in [-0.25, -0.2) is 19.5 Å². The minimum absolute atomic E-state index is 0. The van der Waals surface area contributed by atoms with E-state index in [1.54, 1.807) is 12.4 Å². The Bertz CT molecular complexity index is 2050. The Labute approximate surface area is 336 Å². The van der Waals surface area contributed by atoms with E-state index in [0.29, 0.717) is 19.8 Å². The molecule has 11 nitrogen and oxygen atoms in total. The third kappa shape index (κ3) is 11.9. The van der Waals surface area contributed by atoms with Crippen LogP contribution in [0.15, 0.2) is 128 Å². The van der Waals surface area contributed by atoms with Crippen molar-refractivity contribution in [3.63, 3.8) is 0 Å². The van der Waals surface area contributed by atoms with E-state index in [9.17, 15) is 0 Å². The van der Waals surface area contributed by atoms with E-state index >= 15 is 0 Å². The highest BCUT2D eigenvalue weighted by Gasteiger charge is 2.19. The molecular weight excluding hydrogens is 724 g/mol. The summed E-state index contributed by atoms with van der Waals surface area (Å²) >= 11 is 0. The first-order valence-electron chi connectivity index (χ1n) is 18.5. The number of fused-ring (bicyclic) bond motifs is 1. The van der Waals surface area contributed by atoms with Gasteiger partial charge < -0.3 is 37.3 Å². The molecule has 0 radical (unpaired) electrons. The summed E-state index contributed by atoms with van der Waals surface area (Å²) in [6, 6.07) is 32.1. The Balaban J connectivity index is 0.000000199. The third-order valence-corrected chi connectivity index (χ3v) is 8.53. The quantitative estimate of drug-likeness (QED) is 0.110. The molecule has 5 heterocycles. The molecule has 0 aliphatic carbocycles. The van der Waals surface area contributed by atoms with Crippen LogP contribution in [0.3, 0.4) is 0 Å². The zero-order valence-corrected chi connectivity index (χ0v) is 33.9. The molecule has 0 saturated carbocycles. The summed E-state index contributed by atoms with van der Waals surface area (Å²) in [5.41, 5.74) is 9.19. The maximum Gasteiger partial charge on any atom is 0.271 e. The van der Waals surface area contributed by atoms with Gasteiger partial charge >= 0.3 is 0 Å². The molecule has 292 valence electrons. The van der Waals surface area contributed by atoms with E-state index in [2.05, 4.69) is 91.7 Å². The van der Waals surface area contributed by atoms with E-state index in [1.807, 2.05) is 112 Å². The number of anilines is 4. The second-order valence-electron chi connectivity index (χ2n) is 12.5. The van der Waals surface area contributed by atoms with Crippen molar-refractivity contribution >= 4 is 34.0 Å². The number of hydrogen-bond donors (Lipinski definition) is 2. The summed E-state index contributed by atoms with van der Waals surface area (Å²) in [5, 5.41) is 6.72. The topological polar surface area (TPSA) is 112 Å². The molecule has 0 bridgehead atoms. The molecule has 2 N–H and O–H groups in total. The number of aryl methyl sites for hydroxylation is 4. The van der Waals surface area contributed by atoms with Gasteiger partial charge in [0.2, 0.25) is 6.33 Å². The highest BCUT2D eigenvalue weighted by Crippen LogP contribution is 2.30. The van der Waals surface area contributed by atoms with Crippen molar-refractivity contribution in [2.24, 2.45) is 0 Å². The first-order valence-corrected chi connectivity index (χ1v) is 18.5. The van der Waals surface area contributed by atoms with Crippen LogP contribution in [-0.2, 0) is 14.2 Å². The van der Waals surface area contributed by atoms with Gasteiger partial charge in [0.1, 0.15) is 28.9 Å². The highest BCUT2D eigenvalue weighted by molar-refractivity contribution is 5.78. The van der Waals surface area contributed by atoms with E-state index in [1.165, 1.54) is 22.3 Å². The van der Waals surface area contributed by atoms with Gasteiger partial charge in [-0.1, -0.05) is 24.3 Å². The molecule has 0 aliphatic rings. The van der Waals surface area contributed by atoms with Crippen LogP contribution in [0.4, 0.5) is 23.0 Å². The van der Waals surface area contributed by atoms with Gasteiger partial charge in [-0.3, -0.25) is 0 Å². The zero-order chi connectivity index (χ0) is 39.0. The second-order valence-corrected chi connectivity index (χ2v) is 12.5. The second kappa shape index (κ2) is 22.0. The monoisotopic (exact) mass is 774 g/mol. The lowest BCUT2D eigenvalue weighted by atomic mass is 10.1. The molecule has 0 aliphatic heterocycles. The van der Waals surface area contributed by atoms with Crippen LogP contribution < -0.4 is 27.6 Å². The van der Waals surface area contributed by atoms with Crippen molar-refractivity contribution in [1.82, 2.24) is 24.5 Å². The van der Waals surface area contributed by atoms with Gasteiger partial charge in [0, 0.05) is 44.5 Å². The van der Waals surface area contributed by atoms with Crippen LogP contribution in [0.25, 0.3) is 22.7 Å². The fourth-order valence-corrected chi connectivity index (χ4v) is 5.49. The van der Waals surface area contributed by atoms with E-state index in [4.69, 9.17) is 14.2 Å². The summed E-state index contributed by atoms with van der Waals surface area (Å²) in [7, 11) is 0. The molecule has 7 aromatic rings. The zero-order valence-electron chi connectivity index (χ0n) is 33.1. The number of pyridine rings is 4. The smallest absolute Gasteiger partial charge is 0.271 e. The Morgan fingerprint density at radius 3 is 1.48 bits per heavy atom. The number of ether oxygens (including phenoxy) is 3. The number of hydrogen-bond acceptors (Lipinski definition) is 9. The predicted molar refractivity (Wildman–Crippen MR) is 219 cm³/mol. The molecule has 7 rings (SSSR count). The van der Waals surface area contributed by atoms with Crippen molar-refractivity contribution in [3.05, 3.63) is 150 Å². The Kier molecular flexibility index (Phi) is 16.9. The van der Waals surface area contributed by atoms with Crippen LogP contribution in [0.1, 0.15) is 43.0 Å². The summed E-state index contributed by atoms with van der Waals surface area (Å²) in [6.07, 6.45) is 9.22. The minimum atomic E-state index is -0.472. The van der Waals surface area contributed by atoms with E-state index < -0.39 is 6.48 Å². The lowest BCUT2D eigenvalue weighted by Crippen LogP contribution is -3.00. The first kappa shape index (κ1) is 43.0. The van der Waals surface area contributed by atoms with Crippen molar-refractivity contribution in [1.29, 1.82) is 0 Å². The molecule has 12 heteroatoms. The van der Waals surface area contributed by atoms with E-state index in [0.717, 1.165) is 45.7 Å². The maximum absolute atomic E-state index is 5.08. The average Bonchev–Trinajstić information content (AvgIpc) is 3.57. The molecule has 0 fully saturated rings. The van der Waals surface area contributed by atoms with Crippen LogP contribution >= 0.6 is 0 Å². The van der Waals surface area contributed by atoms with Crippen LogP contribution in [0.5, 0.6) is 0 Å². The number of nitrogens with zero attached hydrogens (tertiary/aromatic N) is 6. The molecule has 0 saturated heterocycles. The molecule has 0 atom stereocenters. The maximum atomic E-state index is 5.08. The number of aromatic nitrogens is 6. The standard InChI is InChI=1S/C19H17N4.C18H18N4.C7H16O3.ClH/c1-14-11-16-17(12-15(14)2)23(19-8-4-6-10-21-19)13-22(16)18-7-3-5-9-20-18;1-13-11-15(21-17-7-3-5-9-19-17)16(12-14(13)2)22-18-8-4-6-10-20-18;1-4-8-7(9-5-2)10-6-3;/h3-13H,1-2H3;3-12H,1-2H3,(H,19,21)(H,20,22);7H,4-6H2,1-3H3;1H/q+1;;;/p-1. The molecule has 56 heavy (non-hydrogen) atoms. The lowest BCUT2D eigenvalue weighted by Gasteiger charge is -2.15. The summed E-state index contributed by atoms with van der Waals surface area (Å²) in [5.74, 6) is 3.43. The molecule has 0 spiro atoms. The summed E-state index contributed by atoms with van der Waals surface area (Å²) in [6.45, 7) is 15.6. The molecule has 5 aromatic heterocycles. The number of nitrogens with one attached hydrogen (secondary N) is 2. The van der Waals surface area contributed by atoms with Gasteiger partial charge in [0.25, 0.3) is 12.3 Å². The average molecular weight is 775 g/mol. The first-order chi connectivity index (χ1) is 26.8. The summed E-state index contributed by atoms with van der Waals surface area (Å²) in [4.78, 5) is 17.6. The van der Waals surface area contributed by atoms with Crippen molar-refractivity contribution in [3.8, 4) is 11.6 Å². The number of rotatable bonds is 12. The van der Waals surface area contributed by atoms with Gasteiger partial charge in [0.15, 0.2) is 5.82 Å². The molecule has 0 unspecified atom stereocenters. The third-order valence-electron chi connectivity index (χ3n) is 8.53. The van der Waals surface area contributed by atoms with Crippen LogP contribution in [-0.4, -0.2) is 50.8 Å². The molecular formula is C44H51ClN8O3. The Hall–Kier alpha value is -5.72. The van der Waals surface area contributed by atoms with Crippen molar-refractivity contribution in [2.45, 2.75) is 54.9 Å². The minimum Gasteiger partial charge on any atom is -1.00 e. The Morgan fingerprint density at radius 2 is 1.04 bits per heavy atom. The van der Waals surface area contributed by atoms with Gasteiger partial charge in [-0.05, 0) is 137 Å². The Morgan fingerprint density at radius 1 is 0.571 bits per heavy atom.